The molecule has 3 rings (SSSR count). The van der Waals surface area contributed by atoms with Gasteiger partial charge in [0.15, 0.2) is 0 Å². The molecule has 2 amide bonds. The van der Waals surface area contributed by atoms with Crippen LogP contribution >= 0.6 is 0 Å². The highest BCUT2D eigenvalue weighted by Crippen LogP contribution is 2.25. The quantitative estimate of drug-likeness (QED) is 0.405. The summed E-state index contributed by atoms with van der Waals surface area (Å²) in [7, 11) is -4.22. The van der Waals surface area contributed by atoms with Crippen molar-refractivity contribution in [2.45, 2.75) is 37.8 Å². The number of halogens is 2. The van der Waals surface area contributed by atoms with E-state index < -0.39 is 40.2 Å². The van der Waals surface area contributed by atoms with Gasteiger partial charge in [-0.15, -0.1) is 0 Å². The van der Waals surface area contributed by atoms with Gasteiger partial charge < -0.3 is 10.2 Å². The molecule has 0 spiro atoms. The minimum atomic E-state index is -4.22. The summed E-state index contributed by atoms with van der Waals surface area (Å²) in [5.74, 6) is -2.05. The molecule has 3 aromatic carbocycles. The van der Waals surface area contributed by atoms with Crippen LogP contribution in [-0.2, 0) is 26.2 Å². The first-order chi connectivity index (χ1) is 17.7. The van der Waals surface area contributed by atoms with Gasteiger partial charge in [0.1, 0.15) is 24.2 Å². The second-order valence-electron chi connectivity index (χ2n) is 8.27. The van der Waals surface area contributed by atoms with Gasteiger partial charge in [-0.25, -0.2) is 17.2 Å². The highest BCUT2D eigenvalue weighted by atomic mass is 32.2. The molecule has 0 aliphatic heterocycles. The molecule has 0 radical (unpaired) electrons. The number of anilines is 1. The summed E-state index contributed by atoms with van der Waals surface area (Å²) in [6.07, 6.45) is 0.265. The van der Waals surface area contributed by atoms with Gasteiger partial charge in [-0.1, -0.05) is 37.3 Å². The zero-order chi connectivity index (χ0) is 27.0. The molecule has 0 aromatic heterocycles. The average molecular weight is 530 g/mol. The van der Waals surface area contributed by atoms with Crippen molar-refractivity contribution in [3.8, 4) is 0 Å². The molecule has 0 aliphatic rings. The second-order valence-corrected chi connectivity index (χ2v) is 10.1. The van der Waals surface area contributed by atoms with Gasteiger partial charge >= 0.3 is 0 Å². The van der Waals surface area contributed by atoms with Gasteiger partial charge in [0.2, 0.25) is 11.8 Å². The molecule has 0 saturated heterocycles. The van der Waals surface area contributed by atoms with Crippen molar-refractivity contribution in [1.29, 1.82) is 0 Å². The third-order valence-corrected chi connectivity index (χ3v) is 7.52. The highest BCUT2D eigenvalue weighted by Gasteiger charge is 2.33. The molecule has 0 fully saturated rings. The lowest BCUT2D eigenvalue weighted by Gasteiger charge is -2.33. The van der Waals surface area contributed by atoms with Crippen molar-refractivity contribution in [2.75, 3.05) is 17.4 Å². The maximum absolute atomic E-state index is 13.7. The third-order valence-electron chi connectivity index (χ3n) is 5.73. The molecule has 7 nitrogen and oxygen atoms in total. The van der Waals surface area contributed by atoms with E-state index in [0.29, 0.717) is 12.1 Å². The van der Waals surface area contributed by atoms with E-state index in [9.17, 15) is 26.8 Å². The maximum Gasteiger partial charge on any atom is 0.264 e. The van der Waals surface area contributed by atoms with E-state index in [4.69, 9.17) is 0 Å². The van der Waals surface area contributed by atoms with Crippen LogP contribution in [0.2, 0.25) is 0 Å². The molecule has 1 N–H and O–H groups in total. The van der Waals surface area contributed by atoms with Crippen molar-refractivity contribution in [3.05, 3.63) is 96.1 Å². The van der Waals surface area contributed by atoms with Crippen molar-refractivity contribution in [3.63, 3.8) is 0 Å². The van der Waals surface area contributed by atoms with E-state index in [1.54, 1.807) is 32.0 Å². The molecule has 1 atom stereocenters. The molecular weight excluding hydrogens is 500 g/mol. The van der Waals surface area contributed by atoms with Crippen LogP contribution in [0.3, 0.4) is 0 Å². The molecule has 0 aliphatic carbocycles. The largest absolute Gasteiger partial charge is 0.355 e. The first-order valence-electron chi connectivity index (χ1n) is 11.8. The number of carbonyl (C=O) groups excluding carboxylic acids is 2. The van der Waals surface area contributed by atoms with Crippen molar-refractivity contribution in [2.24, 2.45) is 0 Å². The number of nitrogens with one attached hydrogen (secondary N) is 1. The lowest BCUT2D eigenvalue weighted by atomic mass is 10.1. The predicted octanol–water partition coefficient (Wildman–Crippen LogP) is 4.10. The summed E-state index contributed by atoms with van der Waals surface area (Å²) in [6.45, 7) is 3.15. The Hall–Kier alpha value is -3.79. The lowest BCUT2D eigenvalue weighted by molar-refractivity contribution is -0.140. The van der Waals surface area contributed by atoms with Crippen molar-refractivity contribution in [1.82, 2.24) is 10.2 Å². The van der Waals surface area contributed by atoms with Crippen molar-refractivity contribution < 1.29 is 26.8 Å². The molecule has 37 heavy (non-hydrogen) atoms. The minimum absolute atomic E-state index is 0.0442. The van der Waals surface area contributed by atoms with Crippen LogP contribution in [0.5, 0.6) is 0 Å². The molecule has 3 aromatic rings. The van der Waals surface area contributed by atoms with Crippen LogP contribution < -0.4 is 9.62 Å². The summed E-state index contributed by atoms with van der Waals surface area (Å²) in [5.41, 5.74) is 0.656. The first-order valence-corrected chi connectivity index (χ1v) is 13.3. The molecule has 1 unspecified atom stereocenters. The Morgan fingerprint density at radius 2 is 1.43 bits per heavy atom. The lowest BCUT2D eigenvalue weighted by Crippen LogP contribution is -2.52. The van der Waals surface area contributed by atoms with Crippen molar-refractivity contribution >= 4 is 27.5 Å². The van der Waals surface area contributed by atoms with E-state index in [1.165, 1.54) is 53.4 Å². The Labute approximate surface area is 215 Å². The smallest absolute Gasteiger partial charge is 0.264 e. The number of hydrogen-bond acceptors (Lipinski definition) is 4. The molecule has 0 saturated carbocycles. The Bertz CT molecular complexity index is 1300. The maximum atomic E-state index is 13.7. The van der Waals surface area contributed by atoms with Crippen LogP contribution in [0.1, 0.15) is 25.8 Å². The molecular formula is C27H29F2N3O4S. The van der Waals surface area contributed by atoms with Crippen LogP contribution in [0.4, 0.5) is 14.5 Å². The summed E-state index contributed by atoms with van der Waals surface area (Å²) in [6, 6.07) is 16.9. The fourth-order valence-electron chi connectivity index (χ4n) is 3.85. The zero-order valence-electron chi connectivity index (χ0n) is 20.6. The standard InChI is InChI=1S/C27H29F2N3O4S/c1-3-25(27(34)30-4-2)31(18-20-10-12-21(28)13-11-20)26(33)19-32(23-16-14-22(29)15-17-23)37(35,36)24-8-6-5-7-9-24/h5-17,25H,3-4,18-19H2,1-2H3,(H,30,34). The predicted molar refractivity (Wildman–Crippen MR) is 137 cm³/mol. The van der Waals surface area contributed by atoms with E-state index in [-0.39, 0.29) is 29.5 Å². The van der Waals surface area contributed by atoms with Crippen LogP contribution in [0.15, 0.2) is 83.8 Å². The van der Waals surface area contributed by atoms with E-state index >= 15 is 0 Å². The normalized spacial score (nSPS) is 12.0. The summed E-state index contributed by atoms with van der Waals surface area (Å²) in [4.78, 5) is 27.8. The summed E-state index contributed by atoms with van der Waals surface area (Å²) < 4.78 is 55.2. The SMILES string of the molecule is CCNC(=O)C(CC)N(Cc1ccc(F)cc1)C(=O)CN(c1ccc(F)cc1)S(=O)(=O)c1ccccc1. The Morgan fingerprint density at radius 3 is 1.97 bits per heavy atom. The summed E-state index contributed by atoms with van der Waals surface area (Å²) in [5, 5.41) is 2.71. The van der Waals surface area contributed by atoms with Gasteiger partial charge in [0.25, 0.3) is 10.0 Å². The number of carbonyl (C=O) groups is 2. The molecule has 10 heteroatoms. The fraction of sp³-hybridized carbons (Fsp3) is 0.259. The highest BCUT2D eigenvalue weighted by molar-refractivity contribution is 7.92. The fourth-order valence-corrected chi connectivity index (χ4v) is 5.29. The number of rotatable bonds is 11. The number of likely N-dealkylation sites (N-methyl/N-ethyl adjacent to an activating group) is 1. The van der Waals surface area contributed by atoms with E-state index in [0.717, 1.165) is 16.4 Å². The van der Waals surface area contributed by atoms with Gasteiger partial charge in [-0.05, 0) is 67.4 Å². The number of sulfonamides is 1. The second kappa shape index (κ2) is 12.4. The van der Waals surface area contributed by atoms with Gasteiger partial charge in [-0.3, -0.25) is 13.9 Å². The summed E-state index contributed by atoms with van der Waals surface area (Å²) >= 11 is 0. The molecule has 196 valence electrons. The van der Waals surface area contributed by atoms with Gasteiger partial charge in [0.05, 0.1) is 10.6 Å². The monoisotopic (exact) mass is 529 g/mol. The third kappa shape index (κ3) is 6.91. The molecule has 0 heterocycles. The van der Waals surface area contributed by atoms with Gasteiger partial charge in [0, 0.05) is 13.1 Å². The number of amides is 2. The number of benzene rings is 3. The number of nitrogens with zero attached hydrogens (tertiary/aromatic N) is 2. The number of hydrogen-bond donors (Lipinski definition) is 1. The first kappa shape index (κ1) is 27.8. The average Bonchev–Trinajstić information content (AvgIpc) is 2.89. The van der Waals surface area contributed by atoms with Gasteiger partial charge in [-0.2, -0.15) is 0 Å². The minimum Gasteiger partial charge on any atom is -0.355 e. The molecule has 0 bridgehead atoms. The van der Waals surface area contributed by atoms with E-state index in [1.807, 2.05) is 0 Å². The van der Waals surface area contributed by atoms with E-state index in [2.05, 4.69) is 5.32 Å². The topological polar surface area (TPSA) is 86.8 Å². The van der Waals surface area contributed by atoms with Crippen LogP contribution in [-0.4, -0.2) is 44.3 Å². The zero-order valence-corrected chi connectivity index (χ0v) is 21.4. The Balaban J connectivity index is 2.03. The Kier molecular flexibility index (Phi) is 9.35. The van der Waals surface area contributed by atoms with Crippen LogP contribution in [0, 0.1) is 11.6 Å². The van der Waals surface area contributed by atoms with Crippen LogP contribution in [0.25, 0.3) is 0 Å². The Morgan fingerprint density at radius 1 is 0.865 bits per heavy atom.